The Morgan fingerprint density at radius 3 is 2.29 bits per heavy atom. The maximum absolute atomic E-state index is 12.2. The number of hydrogen-bond donors (Lipinski definition) is 1. The molecule has 0 aromatic rings. The summed E-state index contributed by atoms with van der Waals surface area (Å²) in [5.74, 6) is -0.420. The maximum Gasteiger partial charge on any atom is 0.389 e. The monoisotopic (exact) mass is 352 g/mol. The number of halogens is 4. The van der Waals surface area contributed by atoms with Crippen molar-refractivity contribution in [2.75, 3.05) is 25.4 Å². The molecule has 1 aliphatic rings. The Labute approximate surface area is 130 Å². The zero-order chi connectivity index (χ0) is 15.2. The summed E-state index contributed by atoms with van der Waals surface area (Å²) in [7, 11) is -3.60. The van der Waals surface area contributed by atoms with E-state index in [1.807, 2.05) is 6.92 Å². The summed E-state index contributed by atoms with van der Waals surface area (Å²) in [6.45, 7) is 3.77. The van der Waals surface area contributed by atoms with Crippen LogP contribution in [0.3, 0.4) is 0 Å². The van der Waals surface area contributed by atoms with Crippen molar-refractivity contribution in [2.24, 2.45) is 0 Å². The van der Waals surface area contributed by atoms with Gasteiger partial charge in [0.05, 0.1) is 5.75 Å². The van der Waals surface area contributed by atoms with Gasteiger partial charge in [-0.05, 0) is 38.8 Å². The number of nitrogens with one attached hydrogen (secondary N) is 1. The second kappa shape index (κ2) is 9.17. The van der Waals surface area contributed by atoms with Gasteiger partial charge >= 0.3 is 6.18 Å². The molecule has 1 aliphatic heterocycles. The first kappa shape index (κ1) is 20.9. The molecule has 9 heteroatoms. The highest BCUT2D eigenvalue weighted by molar-refractivity contribution is 7.89. The first-order valence-electron chi connectivity index (χ1n) is 7.03. The quantitative estimate of drug-likeness (QED) is 0.766. The van der Waals surface area contributed by atoms with Crippen LogP contribution in [0.2, 0.25) is 0 Å². The van der Waals surface area contributed by atoms with Crippen LogP contribution in [0, 0.1) is 0 Å². The highest BCUT2D eigenvalue weighted by atomic mass is 35.5. The van der Waals surface area contributed by atoms with Crippen LogP contribution in [0.15, 0.2) is 0 Å². The second-order valence-electron chi connectivity index (χ2n) is 5.13. The van der Waals surface area contributed by atoms with Crippen LogP contribution >= 0.6 is 12.4 Å². The van der Waals surface area contributed by atoms with E-state index < -0.39 is 28.4 Å². The Bertz CT molecular complexity index is 384. The van der Waals surface area contributed by atoms with E-state index in [9.17, 15) is 21.6 Å². The van der Waals surface area contributed by atoms with Crippen LogP contribution in [0.1, 0.15) is 39.0 Å². The van der Waals surface area contributed by atoms with Crippen molar-refractivity contribution < 1.29 is 21.6 Å². The molecule has 0 unspecified atom stereocenters. The van der Waals surface area contributed by atoms with Crippen molar-refractivity contribution in [1.82, 2.24) is 9.62 Å². The second-order valence-corrected chi connectivity index (χ2v) is 7.17. The van der Waals surface area contributed by atoms with Gasteiger partial charge in [0.1, 0.15) is 0 Å². The van der Waals surface area contributed by atoms with Crippen LogP contribution in [0.5, 0.6) is 0 Å². The summed E-state index contributed by atoms with van der Waals surface area (Å²) in [5.41, 5.74) is 0. The minimum absolute atomic E-state index is 0. The molecular formula is C12H24ClF3N2O2S. The molecule has 128 valence electrons. The Morgan fingerprint density at radius 1 is 1.24 bits per heavy atom. The molecule has 1 heterocycles. The smallest absolute Gasteiger partial charge is 0.317 e. The highest BCUT2D eigenvalue weighted by Gasteiger charge is 2.32. The van der Waals surface area contributed by atoms with Gasteiger partial charge in [-0.1, -0.05) is 6.92 Å². The van der Waals surface area contributed by atoms with Crippen LogP contribution in [-0.2, 0) is 10.0 Å². The number of piperidine rings is 1. The Kier molecular flexibility index (Phi) is 9.15. The normalized spacial score (nSPS) is 17.8. The fraction of sp³-hybridized carbons (Fsp3) is 1.00. The molecule has 0 aliphatic carbocycles. The van der Waals surface area contributed by atoms with Gasteiger partial charge < -0.3 is 5.32 Å². The predicted molar refractivity (Wildman–Crippen MR) is 79.2 cm³/mol. The molecule has 0 aromatic carbocycles. The van der Waals surface area contributed by atoms with Crippen molar-refractivity contribution in [3.05, 3.63) is 0 Å². The van der Waals surface area contributed by atoms with E-state index in [2.05, 4.69) is 5.32 Å². The lowest BCUT2D eigenvalue weighted by atomic mass is 10.1. The molecule has 0 radical (unpaired) electrons. The van der Waals surface area contributed by atoms with Crippen LogP contribution in [0.4, 0.5) is 13.2 Å². The number of sulfonamides is 1. The molecule has 0 atom stereocenters. The third-order valence-corrected chi connectivity index (χ3v) is 5.38. The topological polar surface area (TPSA) is 49.4 Å². The van der Waals surface area contributed by atoms with E-state index in [1.165, 1.54) is 4.31 Å². The van der Waals surface area contributed by atoms with Crippen LogP contribution < -0.4 is 5.32 Å². The lowest BCUT2D eigenvalue weighted by Crippen LogP contribution is -2.47. The fourth-order valence-electron chi connectivity index (χ4n) is 2.44. The number of hydrogen-bond acceptors (Lipinski definition) is 3. The summed E-state index contributed by atoms with van der Waals surface area (Å²) >= 11 is 0. The molecule has 0 bridgehead atoms. The van der Waals surface area contributed by atoms with Crippen molar-refractivity contribution in [3.63, 3.8) is 0 Å². The lowest BCUT2D eigenvalue weighted by molar-refractivity contribution is -0.134. The molecule has 4 nitrogen and oxygen atoms in total. The average molecular weight is 353 g/mol. The third-order valence-electron chi connectivity index (χ3n) is 3.38. The van der Waals surface area contributed by atoms with E-state index in [0.29, 0.717) is 13.0 Å². The Hall–Kier alpha value is -0.0500. The van der Waals surface area contributed by atoms with Gasteiger partial charge in [-0.25, -0.2) is 8.42 Å². The minimum Gasteiger partial charge on any atom is -0.317 e. The van der Waals surface area contributed by atoms with E-state index in [4.69, 9.17) is 0 Å². The molecule has 0 spiro atoms. The summed E-state index contributed by atoms with van der Waals surface area (Å²) in [5, 5.41) is 3.16. The molecule has 0 aromatic heterocycles. The summed E-state index contributed by atoms with van der Waals surface area (Å²) in [6, 6.07) is -0.0768. The Balaban J connectivity index is 0.00000400. The van der Waals surface area contributed by atoms with E-state index >= 15 is 0 Å². The standard InChI is InChI=1S/C12H23F3N2O2S.ClH/c1-2-9-17(11-4-7-16-8-5-11)20(18,19)10-3-6-12(13,14)15;/h11,16H,2-10H2,1H3;1H. The number of rotatable bonds is 7. The fourth-order valence-corrected chi connectivity index (χ4v) is 4.31. The SMILES string of the molecule is CCCN(C1CCNCC1)S(=O)(=O)CCCC(F)(F)F.Cl. The minimum atomic E-state index is -4.29. The third kappa shape index (κ3) is 7.67. The van der Waals surface area contributed by atoms with Gasteiger partial charge in [0.25, 0.3) is 0 Å². The zero-order valence-electron chi connectivity index (χ0n) is 12.2. The predicted octanol–water partition coefficient (Wildman–Crippen LogP) is 2.54. The van der Waals surface area contributed by atoms with Crippen LogP contribution in [-0.4, -0.2) is 50.3 Å². The summed E-state index contributed by atoms with van der Waals surface area (Å²) in [6.07, 6.45) is -3.59. The average Bonchev–Trinajstić information content (AvgIpc) is 2.35. The van der Waals surface area contributed by atoms with Gasteiger partial charge in [0.15, 0.2) is 0 Å². The van der Waals surface area contributed by atoms with Gasteiger partial charge in [-0.15, -0.1) is 12.4 Å². The zero-order valence-corrected chi connectivity index (χ0v) is 13.8. The summed E-state index contributed by atoms with van der Waals surface area (Å²) in [4.78, 5) is 0. The van der Waals surface area contributed by atoms with Crippen molar-refractivity contribution in [3.8, 4) is 0 Å². The first-order valence-corrected chi connectivity index (χ1v) is 8.64. The highest BCUT2D eigenvalue weighted by Crippen LogP contribution is 2.23. The van der Waals surface area contributed by atoms with Gasteiger partial charge in [-0.2, -0.15) is 17.5 Å². The van der Waals surface area contributed by atoms with Crippen LogP contribution in [0.25, 0.3) is 0 Å². The lowest BCUT2D eigenvalue weighted by Gasteiger charge is -2.33. The Morgan fingerprint density at radius 2 is 1.81 bits per heavy atom. The molecule has 1 saturated heterocycles. The first-order chi connectivity index (χ1) is 9.26. The van der Waals surface area contributed by atoms with E-state index in [1.54, 1.807) is 0 Å². The van der Waals surface area contributed by atoms with Gasteiger partial charge in [0, 0.05) is 19.0 Å². The molecule has 0 amide bonds. The molecule has 1 rings (SSSR count). The van der Waals surface area contributed by atoms with Crippen molar-refractivity contribution in [2.45, 2.75) is 51.2 Å². The number of alkyl halides is 3. The largest absolute Gasteiger partial charge is 0.389 e. The van der Waals surface area contributed by atoms with Crippen molar-refractivity contribution >= 4 is 22.4 Å². The molecule has 1 N–H and O–H groups in total. The summed E-state index contributed by atoms with van der Waals surface area (Å²) < 4.78 is 62.3. The molecule has 0 saturated carbocycles. The van der Waals surface area contributed by atoms with E-state index in [0.717, 1.165) is 25.9 Å². The molecular weight excluding hydrogens is 329 g/mol. The van der Waals surface area contributed by atoms with Crippen molar-refractivity contribution in [1.29, 1.82) is 0 Å². The van der Waals surface area contributed by atoms with Gasteiger partial charge in [0.2, 0.25) is 10.0 Å². The maximum atomic E-state index is 12.2. The molecule has 1 fully saturated rings. The number of nitrogens with zero attached hydrogens (tertiary/aromatic N) is 1. The van der Waals surface area contributed by atoms with Gasteiger partial charge in [-0.3, -0.25) is 0 Å². The van der Waals surface area contributed by atoms with E-state index in [-0.39, 0.29) is 24.9 Å². The molecule has 21 heavy (non-hydrogen) atoms.